The van der Waals surface area contributed by atoms with Crippen LogP contribution in [0, 0.1) is 11.3 Å². The molecule has 32 heavy (non-hydrogen) atoms. The molecule has 2 aromatic carbocycles. The minimum absolute atomic E-state index is 0.0743. The van der Waals surface area contributed by atoms with Gasteiger partial charge in [-0.3, -0.25) is 9.59 Å². The molecule has 1 heterocycles. The molecule has 2 aromatic rings. The number of nitriles is 1. The summed E-state index contributed by atoms with van der Waals surface area (Å²) < 4.78 is 39.5. The van der Waals surface area contributed by atoms with Gasteiger partial charge in [-0.15, -0.1) is 0 Å². The third-order valence-corrected chi connectivity index (χ3v) is 5.01. The Balaban J connectivity index is 1.66. The average Bonchev–Trinajstić information content (AvgIpc) is 3.10. The van der Waals surface area contributed by atoms with Gasteiger partial charge in [0.2, 0.25) is 5.91 Å². The summed E-state index contributed by atoms with van der Waals surface area (Å²) in [5.41, 5.74) is -1.33. The average molecular weight is 443 g/mol. The number of halogens is 3. The fourth-order valence-electron chi connectivity index (χ4n) is 3.42. The fraction of sp³-hybridized carbons (Fsp3) is 0.318. The van der Waals surface area contributed by atoms with E-state index in [9.17, 15) is 22.8 Å². The molecule has 0 saturated carbocycles. The normalized spacial score (nSPS) is 19.9. The predicted molar refractivity (Wildman–Crippen MR) is 111 cm³/mol. The SMILES string of the molecule is CC(=O)Nc1ccc(CC2CC(C)(C(=O)Nc3ccc(C#N)c(C(F)(F)F)c3)N=N2)cc1. The maximum Gasteiger partial charge on any atom is 0.417 e. The van der Waals surface area contributed by atoms with Crippen LogP contribution in [0.4, 0.5) is 24.5 Å². The van der Waals surface area contributed by atoms with Crippen LogP contribution in [0.3, 0.4) is 0 Å². The van der Waals surface area contributed by atoms with Gasteiger partial charge in [-0.25, -0.2) is 0 Å². The molecule has 0 fully saturated rings. The summed E-state index contributed by atoms with van der Waals surface area (Å²) in [5, 5.41) is 22.3. The summed E-state index contributed by atoms with van der Waals surface area (Å²) in [7, 11) is 0. The number of nitrogens with one attached hydrogen (secondary N) is 2. The van der Waals surface area contributed by atoms with Crippen molar-refractivity contribution in [3.8, 4) is 6.07 Å². The molecule has 0 aliphatic carbocycles. The molecule has 3 rings (SSSR count). The number of rotatable bonds is 5. The Morgan fingerprint density at radius 3 is 2.41 bits per heavy atom. The van der Waals surface area contributed by atoms with Gasteiger partial charge in [-0.1, -0.05) is 12.1 Å². The lowest BCUT2D eigenvalue weighted by molar-refractivity contribution is -0.137. The Morgan fingerprint density at radius 1 is 1.16 bits per heavy atom. The summed E-state index contributed by atoms with van der Waals surface area (Å²) in [5.74, 6) is -0.753. The molecular weight excluding hydrogens is 423 g/mol. The van der Waals surface area contributed by atoms with Crippen LogP contribution in [-0.4, -0.2) is 23.4 Å². The maximum absolute atomic E-state index is 13.2. The highest BCUT2D eigenvalue weighted by Gasteiger charge is 2.41. The van der Waals surface area contributed by atoms with Crippen molar-refractivity contribution in [2.45, 2.75) is 44.4 Å². The van der Waals surface area contributed by atoms with Gasteiger partial charge in [-0.05, 0) is 49.2 Å². The van der Waals surface area contributed by atoms with Gasteiger partial charge in [0.05, 0.1) is 23.2 Å². The van der Waals surface area contributed by atoms with E-state index in [1.165, 1.54) is 19.1 Å². The topological polar surface area (TPSA) is 107 Å². The van der Waals surface area contributed by atoms with E-state index in [0.29, 0.717) is 12.1 Å². The zero-order valence-electron chi connectivity index (χ0n) is 17.3. The third kappa shape index (κ3) is 5.29. The van der Waals surface area contributed by atoms with Crippen molar-refractivity contribution in [3.63, 3.8) is 0 Å². The molecule has 166 valence electrons. The summed E-state index contributed by atoms with van der Waals surface area (Å²) in [6.07, 6.45) is -3.92. The van der Waals surface area contributed by atoms with Gasteiger partial charge in [0, 0.05) is 24.7 Å². The first-order valence-corrected chi connectivity index (χ1v) is 9.71. The molecule has 7 nitrogen and oxygen atoms in total. The summed E-state index contributed by atoms with van der Waals surface area (Å²) >= 11 is 0. The van der Waals surface area contributed by atoms with Crippen molar-refractivity contribution >= 4 is 23.2 Å². The van der Waals surface area contributed by atoms with Crippen LogP contribution in [0.5, 0.6) is 0 Å². The fourth-order valence-corrected chi connectivity index (χ4v) is 3.42. The highest BCUT2D eigenvalue weighted by Crippen LogP contribution is 2.35. The Bertz CT molecular complexity index is 1110. The molecule has 2 N–H and O–H groups in total. The second-order valence-corrected chi connectivity index (χ2v) is 7.75. The number of anilines is 2. The van der Waals surface area contributed by atoms with E-state index in [-0.39, 0.29) is 24.1 Å². The van der Waals surface area contributed by atoms with Crippen molar-refractivity contribution in [1.29, 1.82) is 5.26 Å². The first-order valence-electron chi connectivity index (χ1n) is 9.71. The van der Waals surface area contributed by atoms with Crippen LogP contribution < -0.4 is 10.6 Å². The molecule has 0 bridgehead atoms. The molecule has 0 saturated heterocycles. The van der Waals surface area contributed by atoms with Crippen molar-refractivity contribution in [3.05, 3.63) is 59.2 Å². The van der Waals surface area contributed by atoms with Gasteiger partial charge in [0.15, 0.2) is 5.54 Å². The number of benzene rings is 2. The molecule has 1 aliphatic rings. The lowest BCUT2D eigenvalue weighted by Crippen LogP contribution is -2.38. The quantitative estimate of drug-likeness (QED) is 0.699. The van der Waals surface area contributed by atoms with Gasteiger partial charge in [0.1, 0.15) is 0 Å². The smallest absolute Gasteiger partial charge is 0.326 e. The summed E-state index contributed by atoms with van der Waals surface area (Å²) in [6, 6.07) is 11.4. The van der Waals surface area contributed by atoms with Crippen LogP contribution in [-0.2, 0) is 22.2 Å². The van der Waals surface area contributed by atoms with E-state index in [1.54, 1.807) is 19.1 Å². The number of hydrogen-bond donors (Lipinski definition) is 2. The van der Waals surface area contributed by atoms with Crippen LogP contribution in [0.25, 0.3) is 0 Å². The van der Waals surface area contributed by atoms with E-state index >= 15 is 0 Å². The first kappa shape index (κ1) is 22.9. The van der Waals surface area contributed by atoms with Gasteiger partial charge in [0.25, 0.3) is 5.91 Å². The molecule has 2 atom stereocenters. The van der Waals surface area contributed by atoms with Crippen LogP contribution >= 0.6 is 0 Å². The van der Waals surface area contributed by atoms with Crippen LogP contribution in [0.2, 0.25) is 0 Å². The van der Waals surface area contributed by atoms with Crippen molar-refractivity contribution in [2.75, 3.05) is 10.6 Å². The summed E-state index contributed by atoms with van der Waals surface area (Å²) in [6.45, 7) is 2.99. The van der Waals surface area contributed by atoms with Crippen molar-refractivity contribution in [1.82, 2.24) is 0 Å². The molecule has 2 unspecified atom stereocenters. The van der Waals surface area contributed by atoms with E-state index in [4.69, 9.17) is 5.26 Å². The molecule has 0 aromatic heterocycles. The molecular formula is C22H20F3N5O2. The van der Waals surface area contributed by atoms with Crippen molar-refractivity contribution < 1.29 is 22.8 Å². The Labute approximate surface area is 182 Å². The second kappa shape index (κ2) is 8.78. The van der Waals surface area contributed by atoms with E-state index < -0.39 is 28.7 Å². The first-order chi connectivity index (χ1) is 15.0. The lowest BCUT2D eigenvalue weighted by Gasteiger charge is -2.20. The van der Waals surface area contributed by atoms with Gasteiger partial charge in [-0.2, -0.15) is 28.7 Å². The predicted octanol–water partition coefficient (Wildman–Crippen LogP) is 4.70. The second-order valence-electron chi connectivity index (χ2n) is 7.75. The van der Waals surface area contributed by atoms with Crippen LogP contribution in [0.1, 0.15) is 37.0 Å². The minimum atomic E-state index is -4.72. The Hall–Kier alpha value is -3.74. The highest BCUT2D eigenvalue weighted by molar-refractivity contribution is 5.98. The molecule has 2 amide bonds. The number of amides is 2. The molecule has 10 heteroatoms. The number of azo groups is 1. The lowest BCUT2D eigenvalue weighted by atomic mass is 9.91. The summed E-state index contributed by atoms with van der Waals surface area (Å²) in [4.78, 5) is 23.8. The minimum Gasteiger partial charge on any atom is -0.326 e. The monoisotopic (exact) mass is 443 g/mol. The molecule has 0 spiro atoms. The number of nitrogens with zero attached hydrogens (tertiary/aromatic N) is 3. The Morgan fingerprint density at radius 2 is 1.81 bits per heavy atom. The zero-order valence-corrected chi connectivity index (χ0v) is 17.3. The van der Waals surface area contributed by atoms with Crippen LogP contribution in [0.15, 0.2) is 52.7 Å². The van der Waals surface area contributed by atoms with E-state index in [2.05, 4.69) is 20.9 Å². The van der Waals surface area contributed by atoms with Gasteiger partial charge < -0.3 is 10.6 Å². The zero-order chi connectivity index (χ0) is 23.5. The Kier molecular flexibility index (Phi) is 6.30. The highest BCUT2D eigenvalue weighted by atomic mass is 19.4. The van der Waals surface area contributed by atoms with E-state index in [0.717, 1.165) is 17.7 Å². The van der Waals surface area contributed by atoms with Gasteiger partial charge >= 0.3 is 6.18 Å². The van der Waals surface area contributed by atoms with Crippen molar-refractivity contribution in [2.24, 2.45) is 10.2 Å². The largest absolute Gasteiger partial charge is 0.417 e. The van der Waals surface area contributed by atoms with E-state index in [1.807, 2.05) is 12.1 Å². The molecule has 1 aliphatic heterocycles. The number of alkyl halides is 3. The molecule has 0 radical (unpaired) electrons. The number of carbonyl (C=O) groups is 2. The standard InChI is InChI=1S/C22H20F3N5O2/c1-13(31)27-16-6-3-14(4-7-16)9-18-11-21(2,30-29-18)20(32)28-17-8-5-15(12-26)19(10-17)22(23,24)25/h3-8,10,18H,9,11H2,1-2H3,(H,27,31)(H,28,32). The third-order valence-electron chi connectivity index (χ3n) is 5.01. The maximum atomic E-state index is 13.2. The number of hydrogen-bond acceptors (Lipinski definition) is 5. The number of carbonyl (C=O) groups excluding carboxylic acids is 2.